The summed E-state index contributed by atoms with van der Waals surface area (Å²) in [5.74, 6) is 0.717. The first-order valence-corrected chi connectivity index (χ1v) is 10.8. The van der Waals surface area contributed by atoms with Gasteiger partial charge in [-0.2, -0.15) is 5.26 Å². The van der Waals surface area contributed by atoms with E-state index in [4.69, 9.17) is 21.6 Å². The van der Waals surface area contributed by atoms with Crippen molar-refractivity contribution >= 4 is 30.1 Å². The van der Waals surface area contributed by atoms with E-state index in [2.05, 4.69) is 24.0 Å². The number of hydrogen-bond acceptors (Lipinski definition) is 4. The number of carbonyl (C=O) groups is 1. The molecule has 2 fully saturated rings. The zero-order valence-electron chi connectivity index (χ0n) is 16.0. The van der Waals surface area contributed by atoms with E-state index in [1.54, 1.807) is 12.1 Å². The van der Waals surface area contributed by atoms with E-state index in [9.17, 15) is 4.79 Å². The van der Waals surface area contributed by atoms with E-state index in [0.717, 1.165) is 49.2 Å². The Hall–Kier alpha value is -2.16. The molecule has 150 valence electrons. The molecule has 4 nitrogen and oxygen atoms in total. The average Bonchev–Trinajstić information content (AvgIpc) is 2.69. The van der Waals surface area contributed by atoms with Crippen LogP contribution < -0.4 is 10.1 Å². The maximum atomic E-state index is 12.4. The Morgan fingerprint density at radius 1 is 1.17 bits per heavy atom. The van der Waals surface area contributed by atoms with Gasteiger partial charge in [0.05, 0.1) is 16.7 Å². The minimum Gasteiger partial charge on any atom is -0.490 e. The van der Waals surface area contributed by atoms with Crippen molar-refractivity contribution in [2.75, 3.05) is 0 Å². The second-order valence-electron chi connectivity index (χ2n) is 8.20. The van der Waals surface area contributed by atoms with Gasteiger partial charge in [0.2, 0.25) is 0 Å². The minimum absolute atomic E-state index is 0.00658. The highest BCUT2D eigenvalue weighted by atomic mass is 35.5. The summed E-state index contributed by atoms with van der Waals surface area (Å²) in [7, 11) is 0. The van der Waals surface area contributed by atoms with Crippen LogP contribution in [0.1, 0.15) is 54.4 Å². The lowest BCUT2D eigenvalue weighted by Crippen LogP contribution is -2.52. The van der Waals surface area contributed by atoms with Crippen molar-refractivity contribution in [3.05, 3.63) is 58.6 Å². The fourth-order valence-electron chi connectivity index (χ4n) is 4.55. The van der Waals surface area contributed by atoms with Gasteiger partial charge in [-0.25, -0.2) is 0 Å². The number of thiol groups is 1. The maximum absolute atomic E-state index is 12.4. The zero-order chi connectivity index (χ0) is 20.4. The molecule has 2 saturated carbocycles. The molecule has 0 aliphatic heterocycles. The smallest absolute Gasteiger partial charge is 0.251 e. The van der Waals surface area contributed by atoms with Gasteiger partial charge < -0.3 is 10.1 Å². The van der Waals surface area contributed by atoms with Crippen molar-refractivity contribution < 1.29 is 9.53 Å². The van der Waals surface area contributed by atoms with Gasteiger partial charge in [0, 0.05) is 22.6 Å². The number of halogens is 1. The largest absolute Gasteiger partial charge is 0.490 e. The van der Waals surface area contributed by atoms with Gasteiger partial charge in [-0.1, -0.05) is 11.6 Å². The molecule has 2 aromatic carbocycles. The lowest BCUT2D eigenvalue weighted by atomic mass is 9.58. The van der Waals surface area contributed by atoms with Gasteiger partial charge in [0.25, 0.3) is 5.91 Å². The van der Waals surface area contributed by atoms with Crippen LogP contribution in [0.5, 0.6) is 5.75 Å². The number of benzene rings is 2. The molecule has 4 rings (SSSR count). The molecule has 0 bridgehead atoms. The number of ether oxygens (including phenoxy) is 1. The van der Waals surface area contributed by atoms with E-state index in [-0.39, 0.29) is 18.1 Å². The van der Waals surface area contributed by atoms with Crippen LogP contribution >= 0.6 is 24.2 Å². The van der Waals surface area contributed by atoms with Crippen molar-refractivity contribution in [1.82, 2.24) is 5.32 Å². The molecule has 6 heteroatoms. The van der Waals surface area contributed by atoms with E-state index in [0.29, 0.717) is 21.6 Å². The highest BCUT2D eigenvalue weighted by Crippen LogP contribution is 2.52. The van der Waals surface area contributed by atoms with Gasteiger partial charge in [0.1, 0.15) is 11.8 Å². The number of rotatable bonds is 4. The van der Waals surface area contributed by atoms with Crippen molar-refractivity contribution in [3.8, 4) is 11.8 Å². The third-order valence-corrected chi connectivity index (χ3v) is 6.79. The predicted octanol–water partition coefficient (Wildman–Crippen LogP) is 5.40. The van der Waals surface area contributed by atoms with Crippen LogP contribution in [-0.4, -0.2) is 18.1 Å². The van der Waals surface area contributed by atoms with Crippen LogP contribution in [0.4, 0.5) is 0 Å². The summed E-state index contributed by atoms with van der Waals surface area (Å²) in [6.07, 6.45) is 6.49. The Balaban J connectivity index is 1.24. The fourth-order valence-corrected chi connectivity index (χ4v) is 4.91. The molecule has 0 atom stereocenters. The summed E-state index contributed by atoms with van der Waals surface area (Å²) in [4.78, 5) is 13.2. The Morgan fingerprint density at radius 2 is 1.86 bits per heavy atom. The first-order valence-electron chi connectivity index (χ1n) is 9.93. The Morgan fingerprint density at radius 3 is 2.48 bits per heavy atom. The first kappa shape index (κ1) is 20.1. The molecule has 0 saturated heterocycles. The van der Waals surface area contributed by atoms with Gasteiger partial charge >= 0.3 is 0 Å². The van der Waals surface area contributed by atoms with Crippen LogP contribution in [0.25, 0.3) is 0 Å². The molecule has 1 amide bonds. The monoisotopic (exact) mass is 426 g/mol. The van der Waals surface area contributed by atoms with E-state index in [1.165, 1.54) is 0 Å². The Bertz CT molecular complexity index is 938. The highest BCUT2D eigenvalue weighted by molar-refractivity contribution is 7.80. The molecule has 0 heterocycles. The predicted molar refractivity (Wildman–Crippen MR) is 116 cm³/mol. The van der Waals surface area contributed by atoms with E-state index in [1.807, 2.05) is 30.3 Å². The van der Waals surface area contributed by atoms with Crippen LogP contribution in [0, 0.1) is 16.7 Å². The molecule has 1 N–H and O–H groups in total. The van der Waals surface area contributed by atoms with Crippen molar-refractivity contribution in [2.24, 2.45) is 5.41 Å². The van der Waals surface area contributed by atoms with Crippen LogP contribution in [0.2, 0.25) is 5.02 Å². The molecule has 29 heavy (non-hydrogen) atoms. The van der Waals surface area contributed by atoms with Gasteiger partial charge in [-0.05, 0) is 80.3 Å². The first-order chi connectivity index (χ1) is 14.0. The second kappa shape index (κ2) is 8.30. The fraction of sp³-hybridized carbons (Fsp3) is 0.391. The molecule has 0 aromatic heterocycles. The highest BCUT2D eigenvalue weighted by Gasteiger charge is 2.46. The van der Waals surface area contributed by atoms with Crippen LogP contribution in [0.3, 0.4) is 0 Å². The lowest BCUT2D eigenvalue weighted by molar-refractivity contribution is 0.000347. The quantitative estimate of drug-likeness (QED) is 0.643. The molecular formula is C23H23ClN2O2S. The minimum atomic E-state index is -0.00658. The summed E-state index contributed by atoms with van der Waals surface area (Å²) in [6.45, 7) is 0. The molecule has 2 aliphatic rings. The molecule has 2 aliphatic carbocycles. The maximum Gasteiger partial charge on any atom is 0.251 e. The number of amides is 1. The SMILES string of the molecule is N#Cc1ccc(OC2CCC3(CC2)CC(NC(=O)c2ccc(S)cc2)C3)cc1Cl. The number of nitrogens with one attached hydrogen (secondary N) is 1. The Kier molecular flexibility index (Phi) is 5.76. The lowest BCUT2D eigenvalue weighted by Gasteiger charge is -2.51. The van der Waals surface area contributed by atoms with Gasteiger partial charge in [-0.3, -0.25) is 4.79 Å². The van der Waals surface area contributed by atoms with E-state index < -0.39 is 0 Å². The molecule has 0 unspecified atom stereocenters. The van der Waals surface area contributed by atoms with Crippen molar-refractivity contribution in [1.29, 1.82) is 5.26 Å². The number of hydrogen-bond donors (Lipinski definition) is 2. The molecule has 1 spiro atoms. The molecular weight excluding hydrogens is 404 g/mol. The molecule has 0 radical (unpaired) electrons. The zero-order valence-corrected chi connectivity index (χ0v) is 17.7. The van der Waals surface area contributed by atoms with Gasteiger partial charge in [0.15, 0.2) is 0 Å². The van der Waals surface area contributed by atoms with E-state index >= 15 is 0 Å². The number of carbonyl (C=O) groups excluding carboxylic acids is 1. The van der Waals surface area contributed by atoms with Crippen molar-refractivity contribution in [3.63, 3.8) is 0 Å². The third-order valence-electron chi connectivity index (χ3n) is 6.18. The third kappa shape index (κ3) is 4.55. The second-order valence-corrected chi connectivity index (χ2v) is 9.12. The average molecular weight is 427 g/mol. The normalized spacial score (nSPS) is 25.7. The van der Waals surface area contributed by atoms with Crippen molar-refractivity contribution in [2.45, 2.75) is 55.6 Å². The summed E-state index contributed by atoms with van der Waals surface area (Å²) < 4.78 is 6.09. The summed E-state index contributed by atoms with van der Waals surface area (Å²) in [5, 5.41) is 12.6. The molecule has 2 aromatic rings. The standard InChI is InChI=1S/C23H23ClN2O2S/c24-21-11-19(4-1-16(21)14-25)28-18-7-9-23(10-8-18)12-17(13-23)26-22(27)15-2-5-20(29)6-3-15/h1-6,11,17-18,29H,7-10,12-13H2,(H,26,27). The number of nitriles is 1. The van der Waals surface area contributed by atoms with Gasteiger partial charge in [-0.15, -0.1) is 12.6 Å². The topological polar surface area (TPSA) is 62.1 Å². The summed E-state index contributed by atoms with van der Waals surface area (Å²) in [5.41, 5.74) is 1.49. The number of nitrogens with zero attached hydrogens (tertiary/aromatic N) is 1. The van der Waals surface area contributed by atoms with Crippen LogP contribution in [-0.2, 0) is 0 Å². The Labute approximate surface area is 181 Å². The summed E-state index contributed by atoms with van der Waals surface area (Å²) >= 11 is 10.3. The summed E-state index contributed by atoms with van der Waals surface area (Å²) in [6, 6.07) is 14.8. The van der Waals surface area contributed by atoms with Crippen LogP contribution in [0.15, 0.2) is 47.4 Å².